The number of anilines is 1. The van der Waals surface area contributed by atoms with Crippen molar-refractivity contribution >= 4 is 11.6 Å². The van der Waals surface area contributed by atoms with Crippen LogP contribution in [0.25, 0.3) is 0 Å². The van der Waals surface area contributed by atoms with Crippen LogP contribution < -0.4 is 4.90 Å². The predicted octanol–water partition coefficient (Wildman–Crippen LogP) is 1.83. The van der Waals surface area contributed by atoms with Crippen LogP contribution in [0.2, 0.25) is 0 Å². The fourth-order valence-corrected chi connectivity index (χ4v) is 3.50. The number of rotatable bonds is 6. The van der Waals surface area contributed by atoms with Gasteiger partial charge in [0, 0.05) is 37.9 Å². The first kappa shape index (κ1) is 19.1. The number of para-hydroxylation sites is 1. The average Bonchev–Trinajstić information content (AvgIpc) is 3.28. The lowest BCUT2D eigenvalue weighted by atomic mass is 10.1. The second-order valence-electron chi connectivity index (χ2n) is 7.09. The number of amides is 1. The number of carbonyl (C=O) groups excluding carboxylic acids is 1. The maximum atomic E-state index is 12.9. The van der Waals surface area contributed by atoms with Gasteiger partial charge in [-0.05, 0) is 39.8 Å². The van der Waals surface area contributed by atoms with Crippen molar-refractivity contribution in [3.8, 4) is 0 Å². The van der Waals surface area contributed by atoms with E-state index in [9.17, 15) is 4.79 Å². The quantitative estimate of drug-likeness (QED) is 0.637. The van der Waals surface area contributed by atoms with Gasteiger partial charge in [0.05, 0.1) is 19.8 Å². The molecule has 0 spiro atoms. The van der Waals surface area contributed by atoms with Crippen molar-refractivity contribution in [1.29, 1.82) is 0 Å². The van der Waals surface area contributed by atoms with Gasteiger partial charge in [-0.2, -0.15) is 0 Å². The first-order chi connectivity index (χ1) is 14.2. The highest BCUT2D eigenvalue weighted by molar-refractivity contribution is 5.94. The minimum absolute atomic E-state index is 0.00393. The molecule has 1 saturated heterocycles. The van der Waals surface area contributed by atoms with Crippen molar-refractivity contribution in [1.82, 2.24) is 25.1 Å². The molecule has 1 aromatic heterocycles. The zero-order valence-corrected chi connectivity index (χ0v) is 16.4. The Morgan fingerprint density at radius 1 is 1.10 bits per heavy atom. The molecule has 0 atom stereocenters. The van der Waals surface area contributed by atoms with Crippen molar-refractivity contribution in [2.75, 3.05) is 38.3 Å². The highest BCUT2D eigenvalue weighted by atomic mass is 16.5. The van der Waals surface area contributed by atoms with Gasteiger partial charge in [0.15, 0.2) is 0 Å². The van der Waals surface area contributed by atoms with Crippen molar-refractivity contribution in [2.45, 2.75) is 13.1 Å². The van der Waals surface area contributed by atoms with E-state index >= 15 is 0 Å². The van der Waals surface area contributed by atoms with Gasteiger partial charge < -0.3 is 14.5 Å². The number of benzene rings is 2. The minimum Gasteiger partial charge on any atom is -0.378 e. The summed E-state index contributed by atoms with van der Waals surface area (Å²) in [5.41, 5.74) is 4.01. The van der Waals surface area contributed by atoms with E-state index in [1.54, 1.807) is 15.9 Å². The molecule has 8 nitrogen and oxygen atoms in total. The molecule has 0 unspecified atom stereocenters. The third-order valence-electron chi connectivity index (χ3n) is 5.03. The zero-order chi connectivity index (χ0) is 20.1. The van der Waals surface area contributed by atoms with Crippen LogP contribution in [-0.2, 0) is 17.8 Å². The number of carbonyl (C=O) groups is 1. The van der Waals surface area contributed by atoms with Gasteiger partial charge in [0.1, 0.15) is 6.33 Å². The summed E-state index contributed by atoms with van der Waals surface area (Å²) in [5.74, 6) is -0.00393. The van der Waals surface area contributed by atoms with E-state index in [1.807, 2.05) is 43.4 Å². The average molecular weight is 392 g/mol. The first-order valence-corrected chi connectivity index (χ1v) is 9.66. The third kappa shape index (κ3) is 4.60. The SMILES string of the molecule is CN(Cc1ccccc1N1CCOCC1)C(=O)c1ccc(Cn2cnnn2)cc1. The van der Waals surface area contributed by atoms with Gasteiger partial charge in [-0.25, -0.2) is 4.68 Å². The number of aromatic nitrogens is 4. The fourth-order valence-electron chi connectivity index (χ4n) is 3.50. The molecule has 8 heteroatoms. The Morgan fingerprint density at radius 2 is 1.86 bits per heavy atom. The molecule has 1 fully saturated rings. The van der Waals surface area contributed by atoms with Crippen LogP contribution in [0.4, 0.5) is 5.69 Å². The van der Waals surface area contributed by atoms with Crippen LogP contribution in [0.15, 0.2) is 54.9 Å². The largest absolute Gasteiger partial charge is 0.378 e. The van der Waals surface area contributed by atoms with Crippen LogP contribution in [0.3, 0.4) is 0 Å². The van der Waals surface area contributed by atoms with Crippen molar-refractivity contribution in [2.24, 2.45) is 0 Å². The molecule has 2 heterocycles. The normalized spacial score (nSPS) is 14.0. The van der Waals surface area contributed by atoms with Crippen LogP contribution >= 0.6 is 0 Å². The minimum atomic E-state index is -0.00393. The second kappa shape index (κ2) is 8.83. The predicted molar refractivity (Wildman–Crippen MR) is 109 cm³/mol. The first-order valence-electron chi connectivity index (χ1n) is 9.66. The maximum absolute atomic E-state index is 12.9. The number of hydrogen-bond acceptors (Lipinski definition) is 6. The Morgan fingerprint density at radius 3 is 2.59 bits per heavy atom. The molecule has 1 amide bonds. The van der Waals surface area contributed by atoms with Crippen molar-refractivity contribution in [3.05, 3.63) is 71.5 Å². The topological polar surface area (TPSA) is 76.4 Å². The van der Waals surface area contributed by atoms with Gasteiger partial charge in [0.2, 0.25) is 0 Å². The second-order valence-corrected chi connectivity index (χ2v) is 7.09. The fraction of sp³-hybridized carbons (Fsp3) is 0.333. The smallest absolute Gasteiger partial charge is 0.253 e. The highest BCUT2D eigenvalue weighted by Gasteiger charge is 2.18. The van der Waals surface area contributed by atoms with Gasteiger partial charge in [-0.1, -0.05) is 30.3 Å². The summed E-state index contributed by atoms with van der Waals surface area (Å²) in [7, 11) is 1.84. The molecule has 1 aliphatic heterocycles. The molecule has 0 saturated carbocycles. The number of morpholine rings is 1. The van der Waals surface area contributed by atoms with E-state index < -0.39 is 0 Å². The molecule has 2 aromatic carbocycles. The Bertz CT molecular complexity index is 936. The molecule has 29 heavy (non-hydrogen) atoms. The van der Waals surface area contributed by atoms with E-state index in [0.29, 0.717) is 18.7 Å². The molecule has 0 aliphatic carbocycles. The van der Waals surface area contributed by atoms with Crippen LogP contribution in [0.1, 0.15) is 21.5 Å². The van der Waals surface area contributed by atoms with Gasteiger partial charge in [-0.15, -0.1) is 5.10 Å². The Labute approximate surface area is 169 Å². The molecular formula is C21H24N6O2. The summed E-state index contributed by atoms with van der Waals surface area (Å²) in [5, 5.41) is 11.1. The summed E-state index contributed by atoms with van der Waals surface area (Å²) in [6.45, 7) is 4.35. The molecule has 0 radical (unpaired) electrons. The lowest BCUT2D eigenvalue weighted by molar-refractivity contribution is 0.0785. The van der Waals surface area contributed by atoms with E-state index in [1.165, 1.54) is 5.69 Å². The Hall–Kier alpha value is -3.26. The Kier molecular flexibility index (Phi) is 5.81. The molecule has 150 valence electrons. The standard InChI is InChI=1S/C21H24N6O2/c1-25(15-19-4-2-3-5-20(19)26-10-12-29-13-11-26)21(28)18-8-6-17(7-9-18)14-27-16-22-23-24-27/h2-9,16H,10-15H2,1H3. The highest BCUT2D eigenvalue weighted by Crippen LogP contribution is 2.23. The van der Waals surface area contributed by atoms with Crippen LogP contribution in [0, 0.1) is 0 Å². The van der Waals surface area contributed by atoms with Crippen LogP contribution in [0.5, 0.6) is 0 Å². The third-order valence-corrected chi connectivity index (χ3v) is 5.03. The molecule has 0 bridgehead atoms. The summed E-state index contributed by atoms with van der Waals surface area (Å²) >= 11 is 0. The molecule has 0 N–H and O–H groups in total. The van der Waals surface area contributed by atoms with Gasteiger partial charge in [0.25, 0.3) is 5.91 Å². The number of tetrazole rings is 1. The number of hydrogen-bond donors (Lipinski definition) is 0. The summed E-state index contributed by atoms with van der Waals surface area (Å²) < 4.78 is 7.11. The summed E-state index contributed by atoms with van der Waals surface area (Å²) in [6.07, 6.45) is 1.57. The van der Waals surface area contributed by atoms with E-state index in [-0.39, 0.29) is 5.91 Å². The van der Waals surface area contributed by atoms with Gasteiger partial charge >= 0.3 is 0 Å². The van der Waals surface area contributed by atoms with Gasteiger partial charge in [-0.3, -0.25) is 4.79 Å². The van der Waals surface area contributed by atoms with E-state index in [4.69, 9.17) is 4.74 Å². The summed E-state index contributed by atoms with van der Waals surface area (Å²) in [6, 6.07) is 15.8. The monoisotopic (exact) mass is 392 g/mol. The molecule has 4 rings (SSSR count). The van der Waals surface area contributed by atoms with E-state index in [2.05, 4.69) is 32.6 Å². The molecule has 3 aromatic rings. The lowest BCUT2D eigenvalue weighted by Crippen LogP contribution is -2.37. The Balaban J connectivity index is 1.43. The van der Waals surface area contributed by atoms with Crippen molar-refractivity contribution in [3.63, 3.8) is 0 Å². The maximum Gasteiger partial charge on any atom is 0.253 e. The van der Waals surface area contributed by atoms with Crippen molar-refractivity contribution < 1.29 is 9.53 Å². The lowest BCUT2D eigenvalue weighted by Gasteiger charge is -2.31. The van der Waals surface area contributed by atoms with Crippen LogP contribution in [-0.4, -0.2) is 64.4 Å². The number of nitrogens with zero attached hydrogens (tertiary/aromatic N) is 6. The molecule has 1 aliphatic rings. The van der Waals surface area contributed by atoms with E-state index in [0.717, 1.165) is 37.4 Å². The summed E-state index contributed by atoms with van der Waals surface area (Å²) in [4.78, 5) is 17.0. The number of ether oxygens (including phenoxy) is 1. The zero-order valence-electron chi connectivity index (χ0n) is 16.4. The molecular weight excluding hydrogens is 368 g/mol.